The van der Waals surface area contributed by atoms with E-state index in [1.54, 1.807) is 13.0 Å². The van der Waals surface area contributed by atoms with Gasteiger partial charge in [0.1, 0.15) is 5.41 Å². The van der Waals surface area contributed by atoms with E-state index >= 15 is 0 Å². The summed E-state index contributed by atoms with van der Waals surface area (Å²) in [4.78, 5) is 25.6. The third-order valence-electron chi connectivity index (χ3n) is 5.04. The van der Waals surface area contributed by atoms with Crippen LogP contribution in [0.4, 0.5) is 0 Å². The summed E-state index contributed by atoms with van der Waals surface area (Å²) in [5.41, 5.74) is 0.826. The lowest BCUT2D eigenvalue weighted by atomic mass is 9.64. The average Bonchev–Trinajstić information content (AvgIpc) is 2.69. The Kier molecular flexibility index (Phi) is 6.40. The average molecular weight is 508 g/mol. The summed E-state index contributed by atoms with van der Waals surface area (Å²) in [6, 6.07) is 15.4. The zero-order valence-electron chi connectivity index (χ0n) is 15.6. The van der Waals surface area contributed by atoms with Crippen LogP contribution in [-0.4, -0.2) is 18.5 Å². The number of hydrogen-bond acceptors (Lipinski definition) is 4. The van der Waals surface area contributed by atoms with Gasteiger partial charge >= 0.3 is 11.9 Å². The van der Waals surface area contributed by atoms with Crippen LogP contribution in [0.2, 0.25) is 0 Å². The molecule has 3 rings (SSSR count). The molecule has 0 unspecified atom stereocenters. The van der Waals surface area contributed by atoms with Gasteiger partial charge in [0.25, 0.3) is 0 Å². The number of halogens is 2. The first-order chi connectivity index (χ1) is 13.4. The van der Waals surface area contributed by atoms with Gasteiger partial charge in [0.2, 0.25) is 5.76 Å². The third-order valence-corrected chi connectivity index (χ3v) is 6.10. The molecule has 0 aromatic heterocycles. The minimum Gasteiger partial charge on any atom is -0.460 e. The first kappa shape index (κ1) is 20.8. The number of carbonyl (C=O) groups excluding carboxylic acids is 2. The molecule has 0 spiro atoms. The van der Waals surface area contributed by atoms with Gasteiger partial charge in [-0.3, -0.25) is 4.79 Å². The summed E-state index contributed by atoms with van der Waals surface area (Å²) < 4.78 is 12.4. The molecular weight excluding hydrogens is 488 g/mol. The summed E-state index contributed by atoms with van der Waals surface area (Å²) in [5, 5.41) is 0. The van der Waals surface area contributed by atoms with Gasteiger partial charge in [-0.2, -0.15) is 0 Å². The van der Waals surface area contributed by atoms with Crippen LogP contribution < -0.4 is 0 Å². The van der Waals surface area contributed by atoms with E-state index in [-0.39, 0.29) is 18.3 Å². The third kappa shape index (κ3) is 3.80. The van der Waals surface area contributed by atoms with Crippen LogP contribution in [0.5, 0.6) is 0 Å². The first-order valence-electron chi connectivity index (χ1n) is 9.05. The summed E-state index contributed by atoms with van der Waals surface area (Å²) in [5.74, 6) is -1.50. The van der Waals surface area contributed by atoms with E-state index < -0.39 is 17.4 Å². The normalized spacial score (nSPS) is 21.6. The maximum atomic E-state index is 13.3. The van der Waals surface area contributed by atoms with Crippen molar-refractivity contribution in [2.45, 2.75) is 31.6 Å². The maximum absolute atomic E-state index is 13.3. The van der Waals surface area contributed by atoms with Crippen molar-refractivity contribution in [1.82, 2.24) is 0 Å². The highest BCUT2D eigenvalue weighted by molar-refractivity contribution is 9.10. The lowest BCUT2D eigenvalue weighted by molar-refractivity contribution is -0.157. The Labute approximate surface area is 181 Å². The number of hydrogen-bond donors (Lipinski definition) is 0. The number of esters is 2. The van der Waals surface area contributed by atoms with Gasteiger partial charge in [0.15, 0.2) is 0 Å². The molecule has 28 heavy (non-hydrogen) atoms. The van der Waals surface area contributed by atoms with Crippen molar-refractivity contribution in [2.24, 2.45) is 0 Å². The number of cyclic esters (lactones) is 1. The molecule has 0 aliphatic carbocycles. The molecule has 0 N–H and O–H groups in total. The molecule has 2 aromatic carbocycles. The molecule has 0 saturated heterocycles. The number of ether oxygens (including phenoxy) is 2. The molecule has 0 radical (unpaired) electrons. The molecule has 1 aliphatic rings. The topological polar surface area (TPSA) is 52.6 Å². The predicted octanol–water partition coefficient (Wildman–Crippen LogP) is 5.65. The highest BCUT2D eigenvalue weighted by atomic mass is 79.9. The van der Waals surface area contributed by atoms with Crippen LogP contribution in [0.3, 0.4) is 0 Å². The van der Waals surface area contributed by atoms with Gasteiger partial charge in [-0.05, 0) is 54.8 Å². The van der Waals surface area contributed by atoms with Crippen LogP contribution >= 0.6 is 31.9 Å². The van der Waals surface area contributed by atoms with Crippen LogP contribution in [0.25, 0.3) is 0 Å². The fourth-order valence-corrected chi connectivity index (χ4v) is 4.15. The van der Waals surface area contributed by atoms with E-state index in [4.69, 9.17) is 9.47 Å². The first-order valence-corrected chi connectivity index (χ1v) is 10.6. The quantitative estimate of drug-likeness (QED) is 0.491. The van der Waals surface area contributed by atoms with E-state index in [2.05, 4.69) is 31.9 Å². The van der Waals surface area contributed by atoms with Gasteiger partial charge < -0.3 is 9.47 Å². The van der Waals surface area contributed by atoms with E-state index in [1.807, 2.05) is 55.5 Å². The molecule has 0 fully saturated rings. The summed E-state index contributed by atoms with van der Waals surface area (Å²) >= 11 is 6.89. The van der Waals surface area contributed by atoms with E-state index in [9.17, 15) is 9.59 Å². The summed E-state index contributed by atoms with van der Waals surface area (Å²) in [6.45, 7) is 3.88. The number of carbonyl (C=O) groups is 2. The SMILES string of the molecule is CCOC(=O)C1=C[C@H](c2ccc(Br)cc2)[C@](CC)(c2ccc(Br)cc2)C(=O)O1. The standard InChI is InChI=1S/C22H20Br2O4/c1-3-22(15-7-11-17(24)12-8-15)18(14-5-9-16(23)10-6-14)13-19(28-21(22)26)20(25)27-4-2/h5-13,18H,3-4H2,1-2H3/t18-,22+/m1/s1. The van der Waals surface area contributed by atoms with Gasteiger partial charge in [-0.1, -0.05) is 63.0 Å². The van der Waals surface area contributed by atoms with Crippen LogP contribution in [0.1, 0.15) is 37.3 Å². The van der Waals surface area contributed by atoms with Crippen LogP contribution in [-0.2, 0) is 24.5 Å². The monoisotopic (exact) mass is 506 g/mol. The number of allylic oxidation sites excluding steroid dienone is 1. The largest absolute Gasteiger partial charge is 0.460 e. The lowest BCUT2D eigenvalue weighted by Gasteiger charge is -2.40. The summed E-state index contributed by atoms with van der Waals surface area (Å²) in [7, 11) is 0. The second-order valence-corrected chi connectivity index (χ2v) is 8.33. The Morgan fingerprint density at radius 3 is 2.14 bits per heavy atom. The van der Waals surface area contributed by atoms with Gasteiger partial charge in [0.05, 0.1) is 6.61 Å². The molecular formula is C22H20Br2O4. The lowest BCUT2D eigenvalue weighted by Crippen LogP contribution is -2.45. The predicted molar refractivity (Wildman–Crippen MR) is 114 cm³/mol. The van der Waals surface area contributed by atoms with Crippen LogP contribution in [0, 0.1) is 0 Å². The molecule has 1 aliphatic heterocycles. The van der Waals surface area contributed by atoms with Crippen molar-refractivity contribution in [2.75, 3.05) is 6.61 Å². The van der Waals surface area contributed by atoms with Gasteiger partial charge in [-0.25, -0.2) is 4.79 Å². The Balaban J connectivity index is 2.20. The molecule has 6 heteroatoms. The Bertz CT molecular complexity index is 903. The molecule has 0 saturated carbocycles. The van der Waals surface area contributed by atoms with Crippen molar-refractivity contribution < 1.29 is 19.1 Å². The van der Waals surface area contributed by atoms with Crippen molar-refractivity contribution >= 4 is 43.8 Å². The molecule has 2 aromatic rings. The zero-order chi connectivity index (χ0) is 20.3. The molecule has 2 atom stereocenters. The second-order valence-electron chi connectivity index (χ2n) is 6.50. The number of rotatable bonds is 5. The zero-order valence-corrected chi connectivity index (χ0v) is 18.7. The second kappa shape index (κ2) is 8.62. The van der Waals surface area contributed by atoms with E-state index in [0.29, 0.717) is 6.42 Å². The van der Waals surface area contributed by atoms with Crippen LogP contribution in [0.15, 0.2) is 69.3 Å². The molecule has 146 valence electrons. The maximum Gasteiger partial charge on any atom is 0.374 e. The minimum atomic E-state index is -0.940. The highest BCUT2D eigenvalue weighted by Crippen LogP contribution is 2.48. The van der Waals surface area contributed by atoms with E-state index in [1.165, 1.54) is 0 Å². The Morgan fingerprint density at radius 2 is 1.61 bits per heavy atom. The molecule has 0 bridgehead atoms. The van der Waals surface area contributed by atoms with Crippen molar-refractivity contribution in [1.29, 1.82) is 0 Å². The van der Waals surface area contributed by atoms with Gasteiger partial charge in [0, 0.05) is 14.9 Å². The van der Waals surface area contributed by atoms with Gasteiger partial charge in [-0.15, -0.1) is 0 Å². The van der Waals surface area contributed by atoms with Crippen molar-refractivity contribution in [3.8, 4) is 0 Å². The number of benzene rings is 2. The summed E-state index contributed by atoms with van der Waals surface area (Å²) in [6.07, 6.45) is 2.23. The smallest absolute Gasteiger partial charge is 0.374 e. The Morgan fingerprint density at radius 1 is 1.04 bits per heavy atom. The van der Waals surface area contributed by atoms with E-state index in [0.717, 1.165) is 20.1 Å². The fourth-order valence-electron chi connectivity index (χ4n) is 3.62. The molecule has 1 heterocycles. The molecule has 0 amide bonds. The minimum absolute atomic E-state index is 0.0547. The fraction of sp³-hybridized carbons (Fsp3) is 0.273. The van der Waals surface area contributed by atoms with Crippen molar-refractivity contribution in [3.05, 3.63) is 80.4 Å². The Hall–Kier alpha value is -1.92. The van der Waals surface area contributed by atoms with Crippen molar-refractivity contribution in [3.63, 3.8) is 0 Å². The molecule has 4 nitrogen and oxygen atoms in total. The highest BCUT2D eigenvalue weighted by Gasteiger charge is 2.51.